The molecule has 2 aromatic carbocycles. The summed E-state index contributed by atoms with van der Waals surface area (Å²) in [6, 6.07) is 16.4. The van der Waals surface area contributed by atoms with E-state index in [1.807, 2.05) is 49.1 Å². The van der Waals surface area contributed by atoms with Crippen molar-refractivity contribution in [1.29, 1.82) is 0 Å². The molecule has 2 aliphatic carbocycles. The van der Waals surface area contributed by atoms with Crippen LogP contribution in [0.15, 0.2) is 54.1 Å². The lowest BCUT2D eigenvalue weighted by molar-refractivity contribution is -0.115. The van der Waals surface area contributed by atoms with E-state index in [1.54, 1.807) is 0 Å². The number of hydrogen-bond acceptors (Lipinski definition) is 4. The zero-order chi connectivity index (χ0) is 24.0. The van der Waals surface area contributed by atoms with Crippen LogP contribution < -0.4 is 4.90 Å². The summed E-state index contributed by atoms with van der Waals surface area (Å²) in [7, 11) is -3.17. The minimum absolute atomic E-state index is 0.114. The minimum atomic E-state index is -3.17. The number of aryl methyl sites for hydroxylation is 1. The number of rotatable bonds is 9. The second kappa shape index (κ2) is 11.5. The lowest BCUT2D eigenvalue weighted by Gasteiger charge is -2.35. The van der Waals surface area contributed by atoms with Gasteiger partial charge in [0, 0.05) is 17.3 Å². The number of fused-ring (bicyclic) bond motifs is 1. The summed E-state index contributed by atoms with van der Waals surface area (Å²) < 4.78 is 23.9. The van der Waals surface area contributed by atoms with E-state index in [0.717, 1.165) is 60.9 Å². The maximum atomic E-state index is 13.9. The standard InChI is InChI=1S/C28H36NO4P/c1-3-32-34(31,33-4-2)21-22-14-18-27(19-15-22)29(26-12-6-5-7-13-26)28(30)25-17-16-23-10-8-9-11-24(23)20-25/h8-11,14-15,18-20,26H,3-7,12-13,16-17,21H2,1-2H3. The number of anilines is 1. The Morgan fingerprint density at radius 2 is 1.62 bits per heavy atom. The lowest BCUT2D eigenvalue weighted by Crippen LogP contribution is -2.42. The fraction of sp³-hybridized carbons (Fsp3) is 0.464. The molecule has 0 aromatic heterocycles. The molecule has 1 saturated carbocycles. The number of carbonyl (C=O) groups excluding carboxylic acids is 1. The fourth-order valence-corrected chi connectivity index (χ4v) is 6.80. The third kappa shape index (κ3) is 5.89. The molecule has 1 fully saturated rings. The quantitative estimate of drug-likeness (QED) is 0.357. The van der Waals surface area contributed by atoms with Gasteiger partial charge in [-0.3, -0.25) is 9.36 Å². The summed E-state index contributed by atoms with van der Waals surface area (Å²) in [6.07, 6.45) is 9.57. The molecule has 0 unspecified atom stereocenters. The summed E-state index contributed by atoms with van der Waals surface area (Å²) >= 11 is 0. The van der Waals surface area contributed by atoms with Gasteiger partial charge in [-0.25, -0.2) is 0 Å². The number of carbonyl (C=O) groups is 1. The Hall–Kier alpha value is -2.20. The zero-order valence-corrected chi connectivity index (χ0v) is 21.3. The van der Waals surface area contributed by atoms with E-state index in [2.05, 4.69) is 24.3 Å². The van der Waals surface area contributed by atoms with E-state index in [9.17, 15) is 9.36 Å². The van der Waals surface area contributed by atoms with Crippen LogP contribution in [0.1, 0.15) is 69.1 Å². The van der Waals surface area contributed by atoms with Crippen LogP contribution in [-0.2, 0) is 31.0 Å². The van der Waals surface area contributed by atoms with Crippen molar-refractivity contribution in [1.82, 2.24) is 0 Å². The van der Waals surface area contributed by atoms with Gasteiger partial charge >= 0.3 is 7.60 Å². The first-order valence-corrected chi connectivity index (χ1v) is 14.3. The Bertz CT molecular complexity index is 1050. The molecule has 1 amide bonds. The fourth-order valence-electron chi connectivity index (χ4n) is 5.10. The van der Waals surface area contributed by atoms with Crippen molar-refractivity contribution >= 4 is 25.3 Å². The van der Waals surface area contributed by atoms with Crippen LogP contribution in [0, 0.1) is 0 Å². The molecule has 2 aromatic rings. The summed E-state index contributed by atoms with van der Waals surface area (Å²) in [5, 5.41) is 0. The van der Waals surface area contributed by atoms with E-state index in [4.69, 9.17) is 9.05 Å². The molecule has 6 heteroatoms. The Morgan fingerprint density at radius 3 is 2.29 bits per heavy atom. The largest absolute Gasteiger partial charge is 0.335 e. The predicted octanol–water partition coefficient (Wildman–Crippen LogP) is 7.15. The molecule has 34 heavy (non-hydrogen) atoms. The first-order chi connectivity index (χ1) is 16.5. The van der Waals surface area contributed by atoms with Crippen LogP contribution in [0.4, 0.5) is 5.69 Å². The number of amides is 1. The molecule has 5 nitrogen and oxygen atoms in total. The molecular formula is C28H36NO4P. The van der Waals surface area contributed by atoms with Crippen LogP contribution in [0.25, 0.3) is 6.08 Å². The monoisotopic (exact) mass is 481 g/mol. The molecule has 0 saturated heterocycles. The summed E-state index contributed by atoms with van der Waals surface area (Å²) in [5.74, 6) is 0.114. The SMILES string of the molecule is CCOP(=O)(Cc1ccc(N(C(=O)C2=Cc3ccccc3CC2)C2CCCCC2)cc1)OCC. The molecule has 0 heterocycles. The van der Waals surface area contributed by atoms with Crippen molar-refractivity contribution in [2.24, 2.45) is 0 Å². The smallest absolute Gasteiger partial charge is 0.309 e. The van der Waals surface area contributed by atoms with E-state index in [-0.39, 0.29) is 18.1 Å². The highest BCUT2D eigenvalue weighted by atomic mass is 31.2. The van der Waals surface area contributed by atoms with Gasteiger partial charge in [-0.1, -0.05) is 55.7 Å². The van der Waals surface area contributed by atoms with Gasteiger partial charge in [-0.05, 0) is 74.4 Å². The minimum Gasteiger partial charge on any atom is -0.309 e. The normalized spacial score (nSPS) is 16.6. The third-order valence-corrected chi connectivity index (χ3v) is 8.78. The molecule has 0 bridgehead atoms. The van der Waals surface area contributed by atoms with Crippen LogP contribution in [0.2, 0.25) is 0 Å². The molecule has 0 N–H and O–H groups in total. The van der Waals surface area contributed by atoms with E-state index in [0.29, 0.717) is 13.2 Å². The van der Waals surface area contributed by atoms with Crippen molar-refractivity contribution in [3.05, 3.63) is 70.8 Å². The Morgan fingerprint density at radius 1 is 0.941 bits per heavy atom. The maximum absolute atomic E-state index is 13.9. The number of hydrogen-bond donors (Lipinski definition) is 0. The van der Waals surface area contributed by atoms with Crippen molar-refractivity contribution in [2.45, 2.75) is 71.0 Å². The molecule has 0 spiro atoms. The highest BCUT2D eigenvalue weighted by Gasteiger charge is 2.30. The van der Waals surface area contributed by atoms with Gasteiger partial charge in [0.05, 0.1) is 19.4 Å². The molecule has 0 radical (unpaired) electrons. The van der Waals surface area contributed by atoms with Crippen molar-refractivity contribution in [3.63, 3.8) is 0 Å². The van der Waals surface area contributed by atoms with Gasteiger partial charge in [-0.2, -0.15) is 0 Å². The predicted molar refractivity (Wildman–Crippen MR) is 138 cm³/mol. The average molecular weight is 482 g/mol. The molecular weight excluding hydrogens is 445 g/mol. The van der Waals surface area contributed by atoms with Gasteiger partial charge in [0.1, 0.15) is 0 Å². The van der Waals surface area contributed by atoms with Gasteiger partial charge in [-0.15, -0.1) is 0 Å². The van der Waals surface area contributed by atoms with Crippen LogP contribution in [0.5, 0.6) is 0 Å². The molecule has 4 rings (SSSR count). The average Bonchev–Trinajstić information content (AvgIpc) is 2.86. The highest BCUT2D eigenvalue weighted by Crippen LogP contribution is 2.51. The first-order valence-electron chi connectivity index (χ1n) is 12.6. The summed E-state index contributed by atoms with van der Waals surface area (Å²) in [4.78, 5) is 15.9. The molecule has 0 aliphatic heterocycles. The first kappa shape index (κ1) is 24.9. The number of nitrogens with zero attached hydrogens (tertiary/aromatic N) is 1. The van der Waals surface area contributed by atoms with Gasteiger partial charge in [0.2, 0.25) is 0 Å². The Balaban J connectivity index is 1.60. The maximum Gasteiger partial charge on any atom is 0.335 e. The highest BCUT2D eigenvalue weighted by molar-refractivity contribution is 7.53. The number of benzene rings is 2. The van der Waals surface area contributed by atoms with E-state index < -0.39 is 7.60 Å². The van der Waals surface area contributed by atoms with Crippen LogP contribution in [0.3, 0.4) is 0 Å². The van der Waals surface area contributed by atoms with Crippen molar-refractivity contribution in [2.75, 3.05) is 18.1 Å². The van der Waals surface area contributed by atoms with Crippen molar-refractivity contribution < 1.29 is 18.4 Å². The Labute approximate surface area is 203 Å². The molecule has 0 atom stereocenters. The van der Waals surface area contributed by atoms with E-state index >= 15 is 0 Å². The van der Waals surface area contributed by atoms with E-state index in [1.165, 1.54) is 12.0 Å². The summed E-state index contributed by atoms with van der Waals surface area (Å²) in [6.45, 7) is 4.33. The molecule has 182 valence electrons. The molecule has 2 aliphatic rings. The second-order valence-corrected chi connectivity index (χ2v) is 11.2. The van der Waals surface area contributed by atoms with Gasteiger partial charge in [0.25, 0.3) is 5.91 Å². The van der Waals surface area contributed by atoms with Gasteiger partial charge < -0.3 is 13.9 Å². The Kier molecular flexibility index (Phi) is 8.41. The topological polar surface area (TPSA) is 55.8 Å². The van der Waals surface area contributed by atoms with Gasteiger partial charge in [0.15, 0.2) is 0 Å². The lowest BCUT2D eigenvalue weighted by atomic mass is 9.89. The second-order valence-electron chi connectivity index (χ2n) is 9.11. The third-order valence-electron chi connectivity index (χ3n) is 6.72. The van der Waals surface area contributed by atoms with Crippen molar-refractivity contribution in [3.8, 4) is 0 Å². The summed E-state index contributed by atoms with van der Waals surface area (Å²) in [5.41, 5.74) is 5.13. The zero-order valence-electron chi connectivity index (χ0n) is 20.4. The van der Waals surface area contributed by atoms with Crippen LogP contribution in [-0.4, -0.2) is 25.2 Å². The van der Waals surface area contributed by atoms with Crippen LogP contribution >= 0.6 is 7.60 Å².